The summed E-state index contributed by atoms with van der Waals surface area (Å²) in [6, 6.07) is 8.54. The molecule has 1 aliphatic rings. The van der Waals surface area contributed by atoms with Crippen LogP contribution in [0.1, 0.15) is 46.0 Å². The third kappa shape index (κ3) is 5.12. The topological polar surface area (TPSA) is 97.6 Å². The van der Waals surface area contributed by atoms with Crippen molar-refractivity contribution in [3.8, 4) is 5.75 Å². The van der Waals surface area contributed by atoms with Crippen LogP contribution >= 0.6 is 0 Å². The SMILES string of the molecule is CNC(=O)c1cc(C(=O)C[C@@H]2C[C@H]2C)cn(Cc2cccc(OCCO)c2)c1=O. The molecule has 29 heavy (non-hydrogen) atoms. The average Bonchev–Trinajstić information content (AvgIpc) is 3.41. The molecular formula is C22H26N2O5. The van der Waals surface area contributed by atoms with Crippen LogP contribution in [0.3, 0.4) is 0 Å². The second-order valence-electron chi connectivity index (χ2n) is 7.47. The highest BCUT2D eigenvalue weighted by Crippen LogP contribution is 2.41. The number of rotatable bonds is 9. The van der Waals surface area contributed by atoms with Gasteiger partial charge in [-0.05, 0) is 42.0 Å². The number of aliphatic hydroxyl groups is 1. The lowest BCUT2D eigenvalue weighted by Gasteiger charge is -2.12. The number of Topliss-reactive ketones (excluding diaryl/α,β-unsaturated/α-hetero) is 1. The van der Waals surface area contributed by atoms with E-state index in [-0.39, 0.29) is 31.1 Å². The summed E-state index contributed by atoms with van der Waals surface area (Å²) in [4.78, 5) is 37.7. The summed E-state index contributed by atoms with van der Waals surface area (Å²) in [5, 5.41) is 11.4. The first-order valence-electron chi connectivity index (χ1n) is 9.75. The van der Waals surface area contributed by atoms with E-state index >= 15 is 0 Å². The number of ether oxygens (including phenoxy) is 1. The van der Waals surface area contributed by atoms with Crippen LogP contribution < -0.4 is 15.6 Å². The molecule has 7 nitrogen and oxygen atoms in total. The summed E-state index contributed by atoms with van der Waals surface area (Å²) < 4.78 is 6.80. The van der Waals surface area contributed by atoms with E-state index in [1.807, 2.05) is 6.07 Å². The predicted octanol–water partition coefficient (Wildman–Crippen LogP) is 1.86. The van der Waals surface area contributed by atoms with Crippen molar-refractivity contribution < 1.29 is 19.4 Å². The molecule has 1 amide bonds. The molecule has 2 aromatic rings. The van der Waals surface area contributed by atoms with Gasteiger partial charge in [0, 0.05) is 25.2 Å². The van der Waals surface area contributed by atoms with Gasteiger partial charge in [-0.2, -0.15) is 0 Å². The molecule has 0 bridgehead atoms. The molecule has 1 aliphatic carbocycles. The normalized spacial score (nSPS) is 17.6. The summed E-state index contributed by atoms with van der Waals surface area (Å²) in [6.07, 6.45) is 3.00. The van der Waals surface area contributed by atoms with Gasteiger partial charge in [0.1, 0.15) is 17.9 Å². The molecule has 1 fully saturated rings. The second kappa shape index (κ2) is 9.05. The summed E-state index contributed by atoms with van der Waals surface area (Å²) in [5.74, 6) is 0.930. The zero-order chi connectivity index (χ0) is 21.0. The molecule has 154 valence electrons. The summed E-state index contributed by atoms with van der Waals surface area (Å²) >= 11 is 0. The van der Waals surface area contributed by atoms with Gasteiger partial charge in [-0.15, -0.1) is 0 Å². The molecule has 1 saturated carbocycles. The molecule has 0 saturated heterocycles. The summed E-state index contributed by atoms with van der Waals surface area (Å²) in [6.45, 7) is 2.39. The van der Waals surface area contributed by atoms with Gasteiger partial charge in [0.25, 0.3) is 11.5 Å². The standard InChI is InChI=1S/C22H26N2O5/c1-14-8-16(14)11-20(26)17-10-19(21(27)23-2)22(28)24(13-17)12-15-4-3-5-18(9-15)29-7-6-25/h3-5,9-10,13-14,16,25H,6-8,11-12H2,1-2H3,(H,23,27)/t14-,16+/m1/s1. The molecule has 0 unspecified atom stereocenters. The highest BCUT2D eigenvalue weighted by atomic mass is 16.5. The van der Waals surface area contributed by atoms with Gasteiger partial charge in [0.15, 0.2) is 5.78 Å². The number of hydrogen-bond donors (Lipinski definition) is 2. The van der Waals surface area contributed by atoms with Crippen molar-refractivity contribution >= 4 is 11.7 Å². The second-order valence-corrected chi connectivity index (χ2v) is 7.47. The minimum Gasteiger partial charge on any atom is -0.491 e. The Kier molecular flexibility index (Phi) is 6.49. The van der Waals surface area contributed by atoms with E-state index < -0.39 is 11.5 Å². The van der Waals surface area contributed by atoms with Gasteiger partial charge in [0.2, 0.25) is 0 Å². The number of pyridine rings is 1. The van der Waals surface area contributed by atoms with Crippen LogP contribution in [0.15, 0.2) is 41.3 Å². The third-order valence-electron chi connectivity index (χ3n) is 5.21. The Morgan fingerprint density at radius 2 is 2.07 bits per heavy atom. The smallest absolute Gasteiger partial charge is 0.263 e. The first kappa shape index (κ1) is 20.8. The monoisotopic (exact) mass is 398 g/mol. The van der Waals surface area contributed by atoms with Gasteiger partial charge >= 0.3 is 0 Å². The quantitative estimate of drug-likeness (QED) is 0.629. The third-order valence-corrected chi connectivity index (χ3v) is 5.21. The molecule has 1 aromatic heterocycles. The number of aliphatic hydroxyl groups excluding tert-OH is 1. The van der Waals surface area contributed by atoms with Crippen LogP contribution in [-0.4, -0.2) is 41.6 Å². The first-order chi connectivity index (χ1) is 13.9. The van der Waals surface area contributed by atoms with Gasteiger partial charge in [-0.3, -0.25) is 14.4 Å². The Bertz CT molecular complexity index is 966. The van der Waals surface area contributed by atoms with E-state index in [1.165, 1.54) is 23.9 Å². The maximum absolute atomic E-state index is 12.8. The van der Waals surface area contributed by atoms with Crippen LogP contribution in [0, 0.1) is 11.8 Å². The van der Waals surface area contributed by atoms with E-state index in [2.05, 4.69) is 12.2 Å². The van der Waals surface area contributed by atoms with Crippen LogP contribution in [0.5, 0.6) is 5.75 Å². The zero-order valence-electron chi connectivity index (χ0n) is 16.7. The lowest BCUT2D eigenvalue weighted by Crippen LogP contribution is -2.32. The number of carbonyl (C=O) groups is 2. The largest absolute Gasteiger partial charge is 0.491 e. The maximum atomic E-state index is 12.8. The average molecular weight is 398 g/mol. The number of benzene rings is 1. The van der Waals surface area contributed by atoms with Crippen LogP contribution in [0.2, 0.25) is 0 Å². The minimum absolute atomic E-state index is 0.0464. The Hall–Kier alpha value is -2.93. The summed E-state index contributed by atoms with van der Waals surface area (Å²) in [7, 11) is 1.45. The number of amides is 1. The van der Waals surface area contributed by atoms with Crippen molar-refractivity contribution in [1.82, 2.24) is 9.88 Å². The molecule has 0 spiro atoms. The van der Waals surface area contributed by atoms with Crippen molar-refractivity contribution in [2.45, 2.75) is 26.3 Å². The van der Waals surface area contributed by atoms with Crippen molar-refractivity contribution in [2.24, 2.45) is 11.8 Å². The van der Waals surface area contributed by atoms with Gasteiger partial charge < -0.3 is 19.7 Å². The molecular weight excluding hydrogens is 372 g/mol. The van der Waals surface area contributed by atoms with Crippen LogP contribution in [-0.2, 0) is 6.54 Å². The molecule has 2 N–H and O–H groups in total. The van der Waals surface area contributed by atoms with Crippen LogP contribution in [0.4, 0.5) is 0 Å². The van der Waals surface area contributed by atoms with Crippen molar-refractivity contribution in [3.05, 3.63) is 63.6 Å². The van der Waals surface area contributed by atoms with E-state index in [0.717, 1.165) is 12.0 Å². The Morgan fingerprint density at radius 3 is 2.72 bits per heavy atom. The Balaban J connectivity index is 1.92. The number of nitrogens with one attached hydrogen (secondary N) is 1. The minimum atomic E-state index is -0.516. The van der Waals surface area contributed by atoms with Crippen molar-refractivity contribution in [2.75, 3.05) is 20.3 Å². The zero-order valence-corrected chi connectivity index (χ0v) is 16.7. The number of ketones is 1. The molecule has 1 aromatic carbocycles. The van der Waals surface area contributed by atoms with E-state index in [4.69, 9.17) is 9.84 Å². The van der Waals surface area contributed by atoms with Gasteiger partial charge in [0.05, 0.1) is 13.2 Å². The fraction of sp³-hybridized carbons (Fsp3) is 0.409. The highest BCUT2D eigenvalue weighted by molar-refractivity contribution is 6.00. The molecule has 1 heterocycles. The van der Waals surface area contributed by atoms with E-state index in [9.17, 15) is 14.4 Å². The molecule has 3 rings (SSSR count). The Morgan fingerprint density at radius 1 is 1.31 bits per heavy atom. The van der Waals surface area contributed by atoms with Crippen molar-refractivity contribution in [3.63, 3.8) is 0 Å². The van der Waals surface area contributed by atoms with Crippen LogP contribution in [0.25, 0.3) is 0 Å². The van der Waals surface area contributed by atoms with Crippen molar-refractivity contribution in [1.29, 1.82) is 0 Å². The number of hydrogen-bond acceptors (Lipinski definition) is 5. The lowest BCUT2D eigenvalue weighted by atomic mass is 10.0. The maximum Gasteiger partial charge on any atom is 0.263 e. The van der Waals surface area contributed by atoms with Gasteiger partial charge in [-0.25, -0.2) is 0 Å². The predicted molar refractivity (Wildman–Crippen MR) is 108 cm³/mol. The molecule has 0 aliphatic heterocycles. The lowest BCUT2D eigenvalue weighted by molar-refractivity contribution is 0.0961. The fourth-order valence-corrected chi connectivity index (χ4v) is 3.34. The fourth-order valence-electron chi connectivity index (χ4n) is 3.34. The number of carbonyl (C=O) groups excluding carboxylic acids is 2. The first-order valence-corrected chi connectivity index (χ1v) is 9.75. The summed E-state index contributed by atoms with van der Waals surface area (Å²) in [5.41, 5.74) is 0.651. The number of aromatic nitrogens is 1. The molecule has 7 heteroatoms. The Labute approximate surface area is 169 Å². The molecule has 0 radical (unpaired) electrons. The number of nitrogens with zero attached hydrogens (tertiary/aromatic N) is 1. The van der Waals surface area contributed by atoms with E-state index in [1.54, 1.807) is 18.2 Å². The highest BCUT2D eigenvalue weighted by Gasteiger charge is 2.34. The van der Waals surface area contributed by atoms with Gasteiger partial charge in [-0.1, -0.05) is 19.1 Å². The molecule has 2 atom stereocenters. The van der Waals surface area contributed by atoms with E-state index in [0.29, 0.717) is 29.6 Å².